The Hall–Kier alpha value is -0.850. The second-order valence-electron chi connectivity index (χ2n) is 4.56. The van der Waals surface area contributed by atoms with Crippen LogP contribution in [0, 0.1) is 0 Å². The van der Waals surface area contributed by atoms with Gasteiger partial charge in [0.05, 0.1) is 11.4 Å². The van der Waals surface area contributed by atoms with Gasteiger partial charge in [-0.2, -0.15) is 0 Å². The number of nitrogens with zero attached hydrogens (tertiary/aromatic N) is 1. The van der Waals surface area contributed by atoms with Crippen LogP contribution in [0.15, 0.2) is 33.6 Å². The molecule has 0 spiro atoms. The van der Waals surface area contributed by atoms with Crippen LogP contribution in [-0.4, -0.2) is 16.1 Å². The molecule has 0 fully saturated rings. The normalized spacial score (nSPS) is 17.1. The molecule has 0 aliphatic heterocycles. The Balaban J connectivity index is 1.73. The van der Waals surface area contributed by atoms with Crippen molar-refractivity contribution in [2.45, 2.75) is 29.4 Å². The highest BCUT2D eigenvalue weighted by atomic mass is 79.9. The molecule has 1 atom stereocenters. The molecule has 1 unspecified atom stereocenters. The van der Waals surface area contributed by atoms with Gasteiger partial charge in [-0.3, -0.25) is 4.79 Å². The summed E-state index contributed by atoms with van der Waals surface area (Å²) < 4.78 is 1.08. The number of carboxylic acid groups (broad SMARTS) is 1. The Morgan fingerprint density at radius 3 is 3.05 bits per heavy atom. The Kier molecular flexibility index (Phi) is 4.14. The maximum absolute atomic E-state index is 11.2. The predicted molar refractivity (Wildman–Crippen MR) is 84.5 cm³/mol. The number of halogens is 1. The molecule has 0 bridgehead atoms. The first-order valence-corrected chi connectivity index (χ1v) is 8.83. The fraction of sp³-hybridized carbons (Fsp3) is 0.286. The third kappa shape index (κ3) is 2.77. The summed E-state index contributed by atoms with van der Waals surface area (Å²) in [7, 11) is 0. The Morgan fingerprint density at radius 1 is 1.50 bits per heavy atom. The van der Waals surface area contributed by atoms with Gasteiger partial charge in [0.25, 0.3) is 0 Å². The smallest absolute Gasteiger partial charge is 0.312 e. The molecule has 3 rings (SSSR count). The molecule has 1 aromatic carbocycles. The number of fused-ring (bicyclic) bond motifs is 1. The fourth-order valence-corrected chi connectivity index (χ4v) is 4.99. The summed E-state index contributed by atoms with van der Waals surface area (Å²) in [6.07, 6.45) is 1.55. The highest BCUT2D eigenvalue weighted by molar-refractivity contribution is 9.10. The number of hydrogen-bond donors (Lipinski definition) is 1. The first kappa shape index (κ1) is 14.1. The van der Waals surface area contributed by atoms with Crippen molar-refractivity contribution < 1.29 is 9.90 Å². The van der Waals surface area contributed by atoms with Crippen LogP contribution in [0.25, 0.3) is 0 Å². The number of aliphatic carboxylic acids is 1. The first-order valence-electron chi connectivity index (χ1n) is 6.24. The van der Waals surface area contributed by atoms with Crippen LogP contribution < -0.4 is 0 Å². The van der Waals surface area contributed by atoms with Crippen molar-refractivity contribution in [1.29, 1.82) is 0 Å². The minimum atomic E-state index is -0.751. The number of carboxylic acids is 1. The van der Waals surface area contributed by atoms with Gasteiger partial charge in [0.15, 0.2) is 0 Å². The van der Waals surface area contributed by atoms with Crippen molar-refractivity contribution in [2.24, 2.45) is 0 Å². The van der Waals surface area contributed by atoms with Gasteiger partial charge in [0.1, 0.15) is 10.9 Å². The lowest BCUT2D eigenvalue weighted by atomic mass is 10.1. The Labute approximate surface area is 133 Å². The molecule has 0 radical (unpaired) electrons. The summed E-state index contributed by atoms with van der Waals surface area (Å²) in [5, 5.41) is 10.2. The average Bonchev–Trinajstić information content (AvgIpc) is 2.96. The number of benzene rings is 1. The van der Waals surface area contributed by atoms with Crippen molar-refractivity contribution >= 4 is 45.0 Å². The number of aromatic nitrogens is 1. The summed E-state index contributed by atoms with van der Waals surface area (Å²) in [5.41, 5.74) is 0.797. The van der Waals surface area contributed by atoms with E-state index in [2.05, 4.69) is 27.0 Å². The van der Waals surface area contributed by atoms with Crippen molar-refractivity contribution in [3.05, 3.63) is 44.3 Å². The summed E-state index contributed by atoms with van der Waals surface area (Å²) in [5.74, 6) is -0.366. The third-order valence-corrected chi connectivity index (χ3v) is 6.60. The molecule has 1 N–H and O–H groups in total. The van der Waals surface area contributed by atoms with Crippen molar-refractivity contribution in [1.82, 2.24) is 4.98 Å². The monoisotopic (exact) mass is 369 g/mol. The summed E-state index contributed by atoms with van der Waals surface area (Å²) in [6, 6.07) is 8.08. The van der Waals surface area contributed by atoms with E-state index in [4.69, 9.17) is 5.11 Å². The van der Waals surface area contributed by atoms with Crippen LogP contribution in [0.4, 0.5) is 0 Å². The van der Waals surface area contributed by atoms with Crippen LogP contribution in [0.1, 0.15) is 27.9 Å². The molecule has 0 amide bonds. The maximum Gasteiger partial charge on any atom is 0.312 e. The number of hydrogen-bond acceptors (Lipinski definition) is 4. The Bertz CT molecular complexity index is 656. The minimum Gasteiger partial charge on any atom is -0.481 e. The largest absolute Gasteiger partial charge is 0.481 e. The predicted octanol–water partition coefficient (Wildman–Crippen LogP) is 4.31. The number of thioether (sulfide) groups is 1. The van der Waals surface area contributed by atoms with Gasteiger partial charge in [0.2, 0.25) is 0 Å². The molecule has 0 saturated carbocycles. The second-order valence-corrected chi connectivity index (χ2v) is 7.60. The summed E-state index contributed by atoms with van der Waals surface area (Å²) in [4.78, 5) is 18.0. The lowest BCUT2D eigenvalue weighted by Crippen LogP contribution is -2.08. The van der Waals surface area contributed by atoms with Gasteiger partial charge in [-0.1, -0.05) is 12.1 Å². The Morgan fingerprint density at radius 2 is 2.30 bits per heavy atom. The van der Waals surface area contributed by atoms with Crippen LogP contribution in [0.5, 0.6) is 0 Å². The highest BCUT2D eigenvalue weighted by Gasteiger charge is 2.32. The fourth-order valence-electron chi connectivity index (χ4n) is 2.28. The molecule has 1 aliphatic carbocycles. The molecular formula is C14H12BrNO2S2. The molecule has 6 heteroatoms. The maximum atomic E-state index is 11.2. The minimum absolute atomic E-state index is 0.400. The van der Waals surface area contributed by atoms with E-state index in [1.807, 2.05) is 18.2 Å². The molecule has 104 valence electrons. The van der Waals surface area contributed by atoms with Gasteiger partial charge in [-0.05, 0) is 40.9 Å². The van der Waals surface area contributed by atoms with Crippen LogP contribution in [0.3, 0.4) is 0 Å². The van der Waals surface area contributed by atoms with Crippen LogP contribution in [0.2, 0.25) is 0 Å². The van der Waals surface area contributed by atoms with E-state index < -0.39 is 11.9 Å². The lowest BCUT2D eigenvalue weighted by Gasteiger charge is -2.03. The van der Waals surface area contributed by atoms with Crippen molar-refractivity contribution in [3.63, 3.8) is 0 Å². The zero-order valence-corrected chi connectivity index (χ0v) is 13.7. The zero-order chi connectivity index (χ0) is 14.1. The zero-order valence-electron chi connectivity index (χ0n) is 10.5. The molecule has 1 aliphatic rings. The first-order chi connectivity index (χ1) is 9.65. The quantitative estimate of drug-likeness (QED) is 0.815. The van der Waals surface area contributed by atoms with Gasteiger partial charge in [-0.15, -0.1) is 23.1 Å². The van der Waals surface area contributed by atoms with E-state index >= 15 is 0 Å². The number of aryl methyl sites for hydroxylation is 1. The van der Waals surface area contributed by atoms with Gasteiger partial charge in [0, 0.05) is 14.2 Å². The van der Waals surface area contributed by atoms with Gasteiger partial charge < -0.3 is 5.11 Å². The molecule has 0 saturated heterocycles. The average molecular weight is 370 g/mol. The molecule has 1 aromatic heterocycles. The lowest BCUT2D eigenvalue weighted by molar-refractivity contribution is -0.138. The van der Waals surface area contributed by atoms with E-state index in [0.29, 0.717) is 6.42 Å². The third-order valence-electron chi connectivity index (χ3n) is 3.25. The van der Waals surface area contributed by atoms with Crippen LogP contribution >= 0.6 is 39.0 Å². The second kappa shape index (κ2) is 5.87. The molecule has 2 aromatic rings. The van der Waals surface area contributed by atoms with Crippen LogP contribution in [-0.2, 0) is 17.0 Å². The van der Waals surface area contributed by atoms with E-state index in [0.717, 1.165) is 32.2 Å². The highest BCUT2D eigenvalue weighted by Crippen LogP contribution is 2.38. The van der Waals surface area contributed by atoms with Gasteiger partial charge in [-0.25, -0.2) is 4.98 Å². The summed E-state index contributed by atoms with van der Waals surface area (Å²) in [6.45, 7) is 0. The SMILES string of the molecule is O=C(O)C1CCc2sc(CSc3ccccc3Br)nc21. The molecular weight excluding hydrogens is 358 g/mol. The topological polar surface area (TPSA) is 50.2 Å². The van der Waals surface area contributed by atoms with E-state index in [1.54, 1.807) is 23.1 Å². The number of thiazole rings is 1. The van der Waals surface area contributed by atoms with E-state index in [1.165, 1.54) is 4.90 Å². The van der Waals surface area contributed by atoms with Crippen molar-refractivity contribution in [2.75, 3.05) is 0 Å². The standard InChI is InChI=1S/C14H12BrNO2S2/c15-9-3-1-2-4-10(9)19-7-12-16-13-8(14(17)18)5-6-11(13)20-12/h1-4,8H,5-7H2,(H,17,18). The molecule has 3 nitrogen and oxygen atoms in total. The molecule has 1 heterocycles. The van der Waals surface area contributed by atoms with E-state index in [-0.39, 0.29) is 0 Å². The van der Waals surface area contributed by atoms with E-state index in [9.17, 15) is 4.79 Å². The number of rotatable bonds is 4. The molecule has 20 heavy (non-hydrogen) atoms. The van der Waals surface area contributed by atoms with Crippen molar-refractivity contribution in [3.8, 4) is 0 Å². The number of carbonyl (C=O) groups is 1. The summed E-state index contributed by atoms with van der Waals surface area (Å²) >= 11 is 6.91. The van der Waals surface area contributed by atoms with Gasteiger partial charge >= 0.3 is 5.97 Å².